The minimum Gasteiger partial charge on any atom is -0.495 e. The number of imide groups is 1. The fourth-order valence-electron chi connectivity index (χ4n) is 2.69. The van der Waals surface area contributed by atoms with Crippen LogP contribution in [0.4, 0.5) is 11.4 Å². The first-order valence-electron chi connectivity index (χ1n) is 8.43. The number of para-hydroxylation sites is 2. The number of rotatable bonds is 6. The van der Waals surface area contributed by atoms with Crippen molar-refractivity contribution >= 4 is 40.8 Å². The lowest BCUT2D eigenvalue weighted by Gasteiger charge is -2.16. The molecular formula is C20H17ClN2O5. The molecule has 8 heteroatoms. The van der Waals surface area contributed by atoms with E-state index in [9.17, 15) is 14.4 Å². The van der Waals surface area contributed by atoms with Crippen LogP contribution in [0.2, 0.25) is 0 Å². The van der Waals surface area contributed by atoms with E-state index in [1.165, 1.54) is 31.4 Å². The van der Waals surface area contributed by atoms with Crippen LogP contribution < -0.4 is 15.0 Å². The van der Waals surface area contributed by atoms with E-state index in [0.29, 0.717) is 17.0 Å². The third-order valence-electron chi connectivity index (χ3n) is 4.03. The molecule has 1 N–H and O–H groups in total. The lowest BCUT2D eigenvalue weighted by atomic mass is 10.2. The summed E-state index contributed by atoms with van der Waals surface area (Å²) in [6.45, 7) is 1.96. The highest BCUT2D eigenvalue weighted by molar-refractivity contribution is 6.53. The summed E-state index contributed by atoms with van der Waals surface area (Å²) < 4.78 is 10.2. The number of methoxy groups -OCH3 is 1. The monoisotopic (exact) mass is 400 g/mol. The van der Waals surface area contributed by atoms with E-state index in [4.69, 9.17) is 21.1 Å². The molecule has 0 fully saturated rings. The zero-order valence-corrected chi connectivity index (χ0v) is 15.9. The van der Waals surface area contributed by atoms with Crippen LogP contribution in [0.15, 0.2) is 59.3 Å². The Balaban J connectivity index is 1.85. The normalized spacial score (nSPS) is 13.8. The molecule has 0 radical (unpaired) electrons. The van der Waals surface area contributed by atoms with Gasteiger partial charge in [-0.05, 0) is 43.3 Å². The van der Waals surface area contributed by atoms with Crippen molar-refractivity contribution in [3.8, 4) is 5.75 Å². The first-order chi connectivity index (χ1) is 13.5. The molecule has 1 heterocycles. The molecule has 3 rings (SSSR count). The molecule has 2 amide bonds. The highest BCUT2D eigenvalue weighted by Gasteiger charge is 2.39. The summed E-state index contributed by atoms with van der Waals surface area (Å²) in [4.78, 5) is 38.1. The number of nitrogens with zero attached hydrogens (tertiary/aromatic N) is 1. The van der Waals surface area contributed by atoms with Gasteiger partial charge in [-0.1, -0.05) is 23.7 Å². The van der Waals surface area contributed by atoms with E-state index < -0.39 is 17.8 Å². The number of ether oxygens (including phenoxy) is 2. The predicted molar refractivity (Wildman–Crippen MR) is 104 cm³/mol. The lowest BCUT2D eigenvalue weighted by Crippen LogP contribution is -2.32. The third-order valence-corrected chi connectivity index (χ3v) is 4.38. The van der Waals surface area contributed by atoms with Crippen LogP contribution in [0, 0.1) is 0 Å². The number of carbonyl (C=O) groups is 3. The predicted octanol–water partition coefficient (Wildman–Crippen LogP) is 3.31. The van der Waals surface area contributed by atoms with Crippen LogP contribution in [0.1, 0.15) is 17.3 Å². The van der Waals surface area contributed by atoms with Crippen LogP contribution in [-0.2, 0) is 14.3 Å². The Hall–Kier alpha value is -3.32. The van der Waals surface area contributed by atoms with Gasteiger partial charge < -0.3 is 14.8 Å². The number of amides is 2. The summed E-state index contributed by atoms with van der Waals surface area (Å²) in [6, 6.07) is 12.9. The minimum absolute atomic E-state index is 0.0503. The van der Waals surface area contributed by atoms with Gasteiger partial charge in [0.25, 0.3) is 11.8 Å². The standard InChI is InChI=1S/C20H17ClN2O5/c1-3-28-20(26)12-8-10-13(11-9-12)23-18(24)16(21)17(19(23)25)22-14-6-4-5-7-15(14)27-2/h4-11,22H,3H2,1-2H3. The molecule has 0 atom stereocenters. The topological polar surface area (TPSA) is 84.9 Å². The molecule has 1 aliphatic heterocycles. The van der Waals surface area contributed by atoms with Crippen LogP contribution in [0.25, 0.3) is 0 Å². The van der Waals surface area contributed by atoms with E-state index >= 15 is 0 Å². The van der Waals surface area contributed by atoms with Crippen molar-refractivity contribution in [3.05, 3.63) is 64.8 Å². The summed E-state index contributed by atoms with van der Waals surface area (Å²) in [5.74, 6) is -1.25. The van der Waals surface area contributed by atoms with E-state index in [1.807, 2.05) is 0 Å². The Labute approximate surface area is 166 Å². The Kier molecular flexibility index (Phi) is 5.65. The summed E-state index contributed by atoms with van der Waals surface area (Å²) in [7, 11) is 1.50. The number of hydrogen-bond donors (Lipinski definition) is 1. The van der Waals surface area contributed by atoms with Crippen molar-refractivity contribution < 1.29 is 23.9 Å². The van der Waals surface area contributed by atoms with E-state index in [0.717, 1.165) is 4.90 Å². The molecule has 0 aromatic heterocycles. The third kappa shape index (κ3) is 3.57. The molecule has 0 saturated carbocycles. The van der Waals surface area contributed by atoms with Crippen molar-refractivity contribution in [3.63, 3.8) is 0 Å². The van der Waals surface area contributed by atoms with E-state index in [1.54, 1.807) is 31.2 Å². The van der Waals surface area contributed by atoms with Gasteiger partial charge in [-0.3, -0.25) is 9.59 Å². The first-order valence-corrected chi connectivity index (χ1v) is 8.81. The fourth-order valence-corrected chi connectivity index (χ4v) is 2.90. The molecule has 7 nitrogen and oxygen atoms in total. The van der Waals surface area contributed by atoms with Crippen molar-refractivity contribution in [1.82, 2.24) is 0 Å². The number of esters is 1. The quantitative estimate of drug-likeness (QED) is 0.591. The van der Waals surface area contributed by atoms with Gasteiger partial charge in [-0.2, -0.15) is 0 Å². The average molecular weight is 401 g/mol. The van der Waals surface area contributed by atoms with Crippen LogP contribution in [-0.4, -0.2) is 31.5 Å². The number of anilines is 2. The molecule has 0 unspecified atom stereocenters. The average Bonchev–Trinajstić information content (AvgIpc) is 2.92. The largest absolute Gasteiger partial charge is 0.495 e. The van der Waals surface area contributed by atoms with Crippen LogP contribution in [0.3, 0.4) is 0 Å². The molecule has 28 heavy (non-hydrogen) atoms. The van der Waals surface area contributed by atoms with Gasteiger partial charge in [0.1, 0.15) is 16.5 Å². The van der Waals surface area contributed by atoms with Crippen molar-refractivity contribution in [2.45, 2.75) is 6.92 Å². The van der Waals surface area contributed by atoms with Gasteiger partial charge in [0.05, 0.1) is 30.7 Å². The van der Waals surface area contributed by atoms with Gasteiger partial charge in [-0.15, -0.1) is 0 Å². The molecule has 144 valence electrons. The first kappa shape index (κ1) is 19.4. The molecule has 2 aromatic rings. The second-order valence-corrected chi connectivity index (χ2v) is 6.11. The number of benzene rings is 2. The number of halogens is 1. The molecule has 0 bridgehead atoms. The molecule has 0 aliphatic carbocycles. The van der Waals surface area contributed by atoms with Gasteiger partial charge in [0.2, 0.25) is 0 Å². The maximum Gasteiger partial charge on any atom is 0.338 e. The van der Waals surface area contributed by atoms with E-state index in [2.05, 4.69) is 5.32 Å². The van der Waals surface area contributed by atoms with Gasteiger partial charge in [0, 0.05) is 0 Å². The zero-order chi connectivity index (χ0) is 20.3. The molecular weight excluding hydrogens is 384 g/mol. The zero-order valence-electron chi connectivity index (χ0n) is 15.2. The van der Waals surface area contributed by atoms with Crippen molar-refractivity contribution in [2.75, 3.05) is 23.9 Å². The molecule has 2 aromatic carbocycles. The summed E-state index contributed by atoms with van der Waals surface area (Å²) in [6.07, 6.45) is 0. The molecule has 0 spiro atoms. The Morgan fingerprint density at radius 3 is 2.39 bits per heavy atom. The number of nitrogens with one attached hydrogen (secondary N) is 1. The SMILES string of the molecule is CCOC(=O)c1ccc(N2C(=O)C(Cl)=C(Nc3ccccc3OC)C2=O)cc1. The smallest absolute Gasteiger partial charge is 0.338 e. The Bertz CT molecular complexity index is 969. The van der Waals surface area contributed by atoms with Crippen LogP contribution in [0.5, 0.6) is 5.75 Å². The summed E-state index contributed by atoms with van der Waals surface area (Å²) >= 11 is 6.13. The Morgan fingerprint density at radius 2 is 1.75 bits per heavy atom. The fraction of sp³-hybridized carbons (Fsp3) is 0.150. The van der Waals surface area contributed by atoms with E-state index in [-0.39, 0.29) is 23.0 Å². The van der Waals surface area contributed by atoms with Crippen LogP contribution >= 0.6 is 11.6 Å². The molecule has 0 saturated heterocycles. The molecule has 1 aliphatic rings. The second-order valence-electron chi connectivity index (χ2n) is 5.73. The number of hydrogen-bond acceptors (Lipinski definition) is 6. The lowest BCUT2D eigenvalue weighted by molar-refractivity contribution is -0.120. The van der Waals surface area contributed by atoms with Crippen molar-refractivity contribution in [2.24, 2.45) is 0 Å². The van der Waals surface area contributed by atoms with Crippen molar-refractivity contribution in [1.29, 1.82) is 0 Å². The summed E-state index contributed by atoms with van der Waals surface area (Å²) in [5, 5.41) is 2.64. The maximum absolute atomic E-state index is 12.8. The second kappa shape index (κ2) is 8.14. The maximum atomic E-state index is 12.8. The van der Waals surface area contributed by atoms with Gasteiger partial charge >= 0.3 is 5.97 Å². The summed E-state index contributed by atoms with van der Waals surface area (Å²) in [5.41, 5.74) is 1.05. The highest BCUT2D eigenvalue weighted by Crippen LogP contribution is 2.32. The Morgan fingerprint density at radius 1 is 1.07 bits per heavy atom. The number of carbonyl (C=O) groups excluding carboxylic acids is 3. The highest BCUT2D eigenvalue weighted by atomic mass is 35.5. The van der Waals surface area contributed by atoms with Gasteiger partial charge in [-0.25, -0.2) is 9.69 Å². The van der Waals surface area contributed by atoms with Gasteiger partial charge in [0.15, 0.2) is 0 Å². The minimum atomic E-state index is -0.659.